The maximum atomic E-state index is 12.0. The fourth-order valence-corrected chi connectivity index (χ4v) is 2.33. The highest BCUT2D eigenvalue weighted by Crippen LogP contribution is 2.21. The van der Waals surface area contributed by atoms with Crippen molar-refractivity contribution in [3.8, 4) is 0 Å². The van der Waals surface area contributed by atoms with E-state index in [1.165, 1.54) is 6.07 Å². The Bertz CT molecular complexity index is 609. The first-order valence-corrected chi connectivity index (χ1v) is 7.54. The monoisotopic (exact) mass is 342 g/mol. The summed E-state index contributed by atoms with van der Waals surface area (Å²) < 4.78 is 5.32. The molecule has 0 spiro atoms. The zero-order valence-corrected chi connectivity index (χ0v) is 14.0. The molecular weight excluding hydrogens is 324 g/mol. The summed E-state index contributed by atoms with van der Waals surface area (Å²) in [6.07, 6.45) is -0.377. The molecule has 126 valence electrons. The third kappa shape index (κ3) is 4.44. The van der Waals surface area contributed by atoms with Crippen LogP contribution in [-0.4, -0.2) is 64.0 Å². The van der Waals surface area contributed by atoms with Gasteiger partial charge in [-0.05, 0) is 26.8 Å². The van der Waals surface area contributed by atoms with Crippen LogP contribution in [0.1, 0.15) is 31.1 Å². The van der Waals surface area contributed by atoms with E-state index in [-0.39, 0.29) is 22.6 Å². The molecule has 0 unspecified atom stereocenters. The Balaban J connectivity index is 2.05. The van der Waals surface area contributed by atoms with Gasteiger partial charge in [0.15, 0.2) is 11.0 Å². The number of halogens is 1. The number of carboxylic acid groups (broad SMARTS) is 1. The number of ether oxygens (including phenoxy) is 1. The van der Waals surface area contributed by atoms with Gasteiger partial charge in [0.25, 0.3) is 0 Å². The molecule has 23 heavy (non-hydrogen) atoms. The van der Waals surface area contributed by atoms with Gasteiger partial charge in [-0.3, -0.25) is 0 Å². The van der Waals surface area contributed by atoms with Gasteiger partial charge in [0.1, 0.15) is 11.2 Å². The van der Waals surface area contributed by atoms with Crippen molar-refractivity contribution in [2.75, 3.05) is 31.1 Å². The average molecular weight is 343 g/mol. The number of hydrogen-bond donors (Lipinski definition) is 1. The highest BCUT2D eigenvalue weighted by atomic mass is 35.5. The number of aromatic carboxylic acids is 1. The molecule has 1 aromatic rings. The molecule has 1 aliphatic rings. The molecule has 8 nitrogen and oxygen atoms in total. The van der Waals surface area contributed by atoms with Crippen molar-refractivity contribution < 1.29 is 19.4 Å². The Labute approximate surface area is 139 Å². The number of anilines is 1. The molecule has 1 saturated heterocycles. The number of hydrogen-bond acceptors (Lipinski definition) is 6. The van der Waals surface area contributed by atoms with Gasteiger partial charge in [-0.2, -0.15) is 0 Å². The first-order valence-electron chi connectivity index (χ1n) is 7.17. The highest BCUT2D eigenvalue weighted by molar-refractivity contribution is 6.29. The molecular formula is C14H19ClN4O4. The Kier molecular flexibility index (Phi) is 4.93. The lowest BCUT2D eigenvalue weighted by Crippen LogP contribution is -2.50. The van der Waals surface area contributed by atoms with Crippen LogP contribution >= 0.6 is 11.6 Å². The molecule has 1 aromatic heterocycles. The lowest BCUT2D eigenvalue weighted by molar-refractivity contribution is 0.0239. The van der Waals surface area contributed by atoms with Gasteiger partial charge in [0.2, 0.25) is 0 Å². The largest absolute Gasteiger partial charge is 0.478 e. The van der Waals surface area contributed by atoms with E-state index in [2.05, 4.69) is 10.2 Å². The Morgan fingerprint density at radius 3 is 2.35 bits per heavy atom. The van der Waals surface area contributed by atoms with Crippen LogP contribution in [0, 0.1) is 0 Å². The van der Waals surface area contributed by atoms with Crippen molar-refractivity contribution in [1.82, 2.24) is 15.1 Å². The smallest absolute Gasteiger partial charge is 0.410 e. The Hall–Kier alpha value is -2.09. The van der Waals surface area contributed by atoms with Crippen LogP contribution in [-0.2, 0) is 4.74 Å². The van der Waals surface area contributed by atoms with E-state index in [4.69, 9.17) is 16.3 Å². The number of carbonyl (C=O) groups excluding carboxylic acids is 1. The Morgan fingerprint density at radius 1 is 1.22 bits per heavy atom. The molecule has 2 heterocycles. The third-order valence-electron chi connectivity index (χ3n) is 3.21. The maximum absolute atomic E-state index is 12.0. The third-order valence-corrected chi connectivity index (χ3v) is 3.39. The van der Waals surface area contributed by atoms with E-state index in [0.717, 1.165) is 0 Å². The molecule has 1 amide bonds. The molecule has 1 aliphatic heterocycles. The zero-order valence-electron chi connectivity index (χ0n) is 13.2. The number of aromatic nitrogens is 2. The number of carbonyl (C=O) groups is 2. The second-order valence-electron chi connectivity index (χ2n) is 6.16. The van der Waals surface area contributed by atoms with Crippen LogP contribution in [0.3, 0.4) is 0 Å². The van der Waals surface area contributed by atoms with E-state index >= 15 is 0 Å². The number of rotatable bonds is 2. The van der Waals surface area contributed by atoms with E-state index in [0.29, 0.717) is 26.2 Å². The molecule has 0 saturated carbocycles. The van der Waals surface area contributed by atoms with E-state index in [9.17, 15) is 14.7 Å². The quantitative estimate of drug-likeness (QED) is 0.876. The fourth-order valence-electron chi connectivity index (χ4n) is 2.18. The van der Waals surface area contributed by atoms with Crippen molar-refractivity contribution in [3.63, 3.8) is 0 Å². The van der Waals surface area contributed by atoms with E-state index < -0.39 is 11.6 Å². The molecule has 0 atom stereocenters. The summed E-state index contributed by atoms with van der Waals surface area (Å²) in [5.74, 6) is -0.864. The van der Waals surface area contributed by atoms with Gasteiger partial charge < -0.3 is 19.6 Å². The summed E-state index contributed by atoms with van der Waals surface area (Å²) in [5.41, 5.74) is -0.553. The molecule has 0 bridgehead atoms. The van der Waals surface area contributed by atoms with E-state index in [1.807, 2.05) is 20.8 Å². The minimum atomic E-state index is -1.12. The van der Waals surface area contributed by atoms with Crippen molar-refractivity contribution in [2.45, 2.75) is 26.4 Å². The summed E-state index contributed by atoms with van der Waals surface area (Å²) >= 11 is 5.70. The van der Waals surface area contributed by atoms with Gasteiger partial charge in [0.05, 0.1) is 0 Å². The number of piperazine rings is 1. The molecule has 0 radical (unpaired) electrons. The highest BCUT2D eigenvalue weighted by Gasteiger charge is 2.28. The number of carboxylic acids is 1. The molecule has 0 aromatic carbocycles. The molecule has 2 rings (SSSR count). The second kappa shape index (κ2) is 6.57. The first kappa shape index (κ1) is 17.3. The topological polar surface area (TPSA) is 95.9 Å². The van der Waals surface area contributed by atoms with Crippen LogP contribution in [0.2, 0.25) is 5.15 Å². The molecule has 0 aliphatic carbocycles. The molecule has 1 fully saturated rings. The summed E-state index contributed by atoms with van der Waals surface area (Å²) in [7, 11) is 0. The van der Waals surface area contributed by atoms with Crippen LogP contribution in [0.5, 0.6) is 0 Å². The van der Waals surface area contributed by atoms with E-state index in [1.54, 1.807) is 9.80 Å². The van der Waals surface area contributed by atoms with Crippen LogP contribution in [0.4, 0.5) is 10.6 Å². The molecule has 1 N–H and O–H groups in total. The average Bonchev–Trinajstić information content (AvgIpc) is 2.45. The SMILES string of the molecule is CC(C)(C)OC(=O)N1CCN(c2nnc(Cl)cc2C(=O)O)CC1. The number of nitrogens with zero attached hydrogens (tertiary/aromatic N) is 4. The Morgan fingerprint density at radius 2 is 1.83 bits per heavy atom. The van der Waals surface area contributed by atoms with Gasteiger partial charge in [-0.25, -0.2) is 9.59 Å². The standard InChI is InChI=1S/C14H19ClN4O4/c1-14(2,3)23-13(22)19-6-4-18(5-7-19)11-9(12(20)21)8-10(15)16-17-11/h8H,4-7H2,1-3H3,(H,20,21). The van der Waals surface area contributed by atoms with Gasteiger partial charge in [-0.1, -0.05) is 11.6 Å². The lowest BCUT2D eigenvalue weighted by Gasteiger charge is -2.36. The minimum absolute atomic E-state index is 0.00396. The predicted octanol–water partition coefficient (Wildman–Crippen LogP) is 1.89. The van der Waals surface area contributed by atoms with Crippen molar-refractivity contribution in [3.05, 3.63) is 16.8 Å². The lowest BCUT2D eigenvalue weighted by atomic mass is 10.2. The normalized spacial score (nSPS) is 15.5. The maximum Gasteiger partial charge on any atom is 0.410 e. The zero-order chi connectivity index (χ0) is 17.2. The number of amides is 1. The van der Waals surface area contributed by atoms with Crippen molar-refractivity contribution in [2.24, 2.45) is 0 Å². The predicted molar refractivity (Wildman–Crippen MR) is 84.0 cm³/mol. The van der Waals surface area contributed by atoms with Gasteiger partial charge >= 0.3 is 12.1 Å². The van der Waals surface area contributed by atoms with Crippen molar-refractivity contribution >= 4 is 29.5 Å². The fraction of sp³-hybridized carbons (Fsp3) is 0.571. The summed E-state index contributed by atoms with van der Waals surface area (Å²) in [5, 5.41) is 16.9. The van der Waals surface area contributed by atoms with Gasteiger partial charge in [-0.15, -0.1) is 10.2 Å². The van der Waals surface area contributed by atoms with Crippen LogP contribution in [0.25, 0.3) is 0 Å². The molecule has 9 heteroatoms. The summed E-state index contributed by atoms with van der Waals surface area (Å²) in [4.78, 5) is 26.7. The first-order chi connectivity index (χ1) is 10.7. The van der Waals surface area contributed by atoms with Crippen LogP contribution < -0.4 is 4.90 Å². The minimum Gasteiger partial charge on any atom is -0.478 e. The van der Waals surface area contributed by atoms with Crippen LogP contribution in [0.15, 0.2) is 6.07 Å². The summed E-state index contributed by atoms with van der Waals surface area (Å²) in [6.45, 7) is 7.14. The summed E-state index contributed by atoms with van der Waals surface area (Å²) in [6, 6.07) is 1.27. The second-order valence-corrected chi connectivity index (χ2v) is 6.55. The van der Waals surface area contributed by atoms with Gasteiger partial charge in [0, 0.05) is 26.2 Å². The van der Waals surface area contributed by atoms with Crippen molar-refractivity contribution in [1.29, 1.82) is 0 Å².